The van der Waals surface area contributed by atoms with Gasteiger partial charge in [-0.1, -0.05) is 35.3 Å². The average molecular weight is 200 g/mol. The van der Waals surface area contributed by atoms with Crippen LogP contribution in [-0.2, 0) is 0 Å². The second-order valence-electron chi connectivity index (χ2n) is 2.49. The van der Waals surface area contributed by atoms with Gasteiger partial charge in [0.05, 0.1) is 22.0 Å². The van der Waals surface area contributed by atoms with Crippen molar-refractivity contribution < 1.29 is 0 Å². The maximum atomic E-state index is 8.65. The van der Waals surface area contributed by atoms with Gasteiger partial charge >= 0.3 is 0 Å². The second-order valence-corrected chi connectivity index (χ2v) is 3.28. The Bertz CT molecular complexity index is 328. The largest absolute Gasteiger partial charge is 0.198 e. The second kappa shape index (κ2) is 3.80. The van der Waals surface area contributed by atoms with Gasteiger partial charge in [-0.3, -0.25) is 0 Å². The van der Waals surface area contributed by atoms with E-state index in [0.717, 1.165) is 5.56 Å². The lowest BCUT2D eigenvalue weighted by molar-refractivity contribution is 0.982. The van der Waals surface area contributed by atoms with Crippen molar-refractivity contribution in [3.63, 3.8) is 0 Å². The fourth-order valence-electron chi connectivity index (χ4n) is 0.924. The summed E-state index contributed by atoms with van der Waals surface area (Å²) in [7, 11) is 0. The van der Waals surface area contributed by atoms with Crippen molar-refractivity contribution in [2.75, 3.05) is 0 Å². The Balaban J connectivity index is 3.18. The molecular formula is C9H7Cl2N. The van der Waals surface area contributed by atoms with Crippen LogP contribution in [0.2, 0.25) is 10.0 Å². The van der Waals surface area contributed by atoms with E-state index in [4.69, 9.17) is 28.5 Å². The first-order valence-corrected chi connectivity index (χ1v) is 4.26. The highest BCUT2D eigenvalue weighted by Gasteiger charge is 2.09. The molecule has 0 aliphatic heterocycles. The Kier molecular flexibility index (Phi) is 2.97. The molecule has 0 radical (unpaired) electrons. The van der Waals surface area contributed by atoms with Gasteiger partial charge in [0.2, 0.25) is 0 Å². The van der Waals surface area contributed by atoms with Gasteiger partial charge in [-0.15, -0.1) is 0 Å². The minimum absolute atomic E-state index is 0.212. The predicted molar refractivity (Wildman–Crippen MR) is 50.5 cm³/mol. The topological polar surface area (TPSA) is 23.8 Å². The van der Waals surface area contributed by atoms with Crippen LogP contribution in [0.3, 0.4) is 0 Å². The standard InChI is InChI=1S/C9H7Cl2N/c1-6(5-12)7-3-2-4-8(10)9(7)11/h2-4,6H,1H3. The van der Waals surface area contributed by atoms with Gasteiger partial charge in [0.1, 0.15) is 0 Å². The van der Waals surface area contributed by atoms with Gasteiger partial charge in [-0.05, 0) is 18.6 Å². The molecule has 0 saturated carbocycles. The number of nitrogens with zero attached hydrogens (tertiary/aromatic N) is 1. The summed E-state index contributed by atoms with van der Waals surface area (Å²) < 4.78 is 0. The summed E-state index contributed by atoms with van der Waals surface area (Å²) in [5, 5.41) is 9.63. The Labute approximate surface area is 81.5 Å². The monoisotopic (exact) mass is 199 g/mol. The van der Waals surface area contributed by atoms with Crippen molar-refractivity contribution in [1.82, 2.24) is 0 Å². The van der Waals surface area contributed by atoms with Crippen LogP contribution in [0, 0.1) is 11.3 Å². The number of rotatable bonds is 1. The van der Waals surface area contributed by atoms with Crippen LogP contribution in [-0.4, -0.2) is 0 Å². The van der Waals surface area contributed by atoms with E-state index in [-0.39, 0.29) is 5.92 Å². The highest BCUT2D eigenvalue weighted by Crippen LogP contribution is 2.30. The Morgan fingerprint density at radius 3 is 2.67 bits per heavy atom. The first-order chi connectivity index (χ1) is 5.66. The summed E-state index contributed by atoms with van der Waals surface area (Å²) in [5.41, 5.74) is 0.784. The van der Waals surface area contributed by atoms with E-state index in [9.17, 15) is 0 Å². The molecule has 12 heavy (non-hydrogen) atoms. The number of hydrogen-bond acceptors (Lipinski definition) is 1. The zero-order valence-corrected chi connectivity index (χ0v) is 8.02. The summed E-state index contributed by atoms with van der Waals surface area (Å²) >= 11 is 11.7. The van der Waals surface area contributed by atoms with E-state index in [1.807, 2.05) is 6.07 Å². The van der Waals surface area contributed by atoms with Crippen molar-refractivity contribution in [3.8, 4) is 6.07 Å². The molecule has 0 aliphatic carbocycles. The Hall–Kier alpha value is -0.710. The van der Waals surface area contributed by atoms with E-state index >= 15 is 0 Å². The van der Waals surface area contributed by atoms with Gasteiger partial charge < -0.3 is 0 Å². The quantitative estimate of drug-likeness (QED) is 0.679. The van der Waals surface area contributed by atoms with Crippen molar-refractivity contribution in [2.24, 2.45) is 0 Å². The van der Waals surface area contributed by atoms with E-state index in [0.29, 0.717) is 10.0 Å². The number of nitriles is 1. The maximum absolute atomic E-state index is 8.65. The van der Waals surface area contributed by atoms with Gasteiger partial charge in [0, 0.05) is 0 Å². The zero-order chi connectivity index (χ0) is 9.14. The number of halogens is 2. The molecule has 0 heterocycles. The highest BCUT2D eigenvalue weighted by atomic mass is 35.5. The van der Waals surface area contributed by atoms with Crippen LogP contribution in [0.25, 0.3) is 0 Å². The Morgan fingerprint density at radius 2 is 2.08 bits per heavy atom. The third kappa shape index (κ3) is 1.72. The lowest BCUT2D eigenvalue weighted by Gasteiger charge is -2.05. The minimum Gasteiger partial charge on any atom is -0.198 e. The Morgan fingerprint density at radius 1 is 1.42 bits per heavy atom. The molecule has 0 aliphatic rings. The SMILES string of the molecule is CC(C#N)c1cccc(Cl)c1Cl. The highest BCUT2D eigenvalue weighted by molar-refractivity contribution is 6.42. The molecule has 0 aromatic heterocycles. The molecule has 1 rings (SSSR count). The lowest BCUT2D eigenvalue weighted by Crippen LogP contribution is -1.90. The normalized spacial score (nSPS) is 12.2. The number of benzene rings is 1. The first kappa shape index (κ1) is 9.38. The molecule has 0 bridgehead atoms. The summed E-state index contributed by atoms with van der Waals surface area (Å²) in [5.74, 6) is -0.212. The van der Waals surface area contributed by atoms with Gasteiger partial charge in [0.15, 0.2) is 0 Å². The molecule has 0 fully saturated rings. The first-order valence-electron chi connectivity index (χ1n) is 3.50. The molecule has 0 spiro atoms. The fourth-order valence-corrected chi connectivity index (χ4v) is 1.40. The van der Waals surface area contributed by atoms with Gasteiger partial charge in [0.25, 0.3) is 0 Å². The summed E-state index contributed by atoms with van der Waals surface area (Å²) in [6.45, 7) is 1.79. The van der Waals surface area contributed by atoms with Gasteiger partial charge in [-0.25, -0.2) is 0 Å². The summed E-state index contributed by atoms with van der Waals surface area (Å²) in [4.78, 5) is 0. The van der Waals surface area contributed by atoms with E-state index in [2.05, 4.69) is 6.07 Å². The van der Waals surface area contributed by atoms with Crippen molar-refractivity contribution >= 4 is 23.2 Å². The van der Waals surface area contributed by atoms with E-state index in [1.54, 1.807) is 19.1 Å². The molecule has 62 valence electrons. The molecule has 1 unspecified atom stereocenters. The molecule has 1 nitrogen and oxygen atoms in total. The van der Waals surface area contributed by atoms with Crippen LogP contribution >= 0.6 is 23.2 Å². The molecular weight excluding hydrogens is 193 g/mol. The maximum Gasteiger partial charge on any atom is 0.0701 e. The third-order valence-electron chi connectivity index (χ3n) is 1.64. The summed E-state index contributed by atoms with van der Waals surface area (Å²) in [6, 6.07) is 7.41. The van der Waals surface area contributed by atoms with Crippen molar-refractivity contribution in [1.29, 1.82) is 5.26 Å². The van der Waals surface area contributed by atoms with Gasteiger partial charge in [-0.2, -0.15) is 5.26 Å². The smallest absolute Gasteiger partial charge is 0.0701 e. The number of hydrogen-bond donors (Lipinski definition) is 0. The molecule has 3 heteroatoms. The molecule has 0 saturated heterocycles. The van der Waals surface area contributed by atoms with E-state index < -0.39 is 0 Å². The van der Waals surface area contributed by atoms with Crippen LogP contribution in [0.5, 0.6) is 0 Å². The average Bonchev–Trinajstić information content (AvgIpc) is 2.08. The molecule has 1 aromatic carbocycles. The predicted octanol–water partition coefficient (Wildman–Crippen LogP) is 3.62. The molecule has 0 amide bonds. The lowest BCUT2D eigenvalue weighted by atomic mass is 10.0. The molecule has 1 atom stereocenters. The molecule has 1 aromatic rings. The third-order valence-corrected chi connectivity index (χ3v) is 2.48. The molecule has 0 N–H and O–H groups in total. The van der Waals surface area contributed by atoms with Crippen molar-refractivity contribution in [2.45, 2.75) is 12.8 Å². The van der Waals surface area contributed by atoms with Crippen LogP contribution in [0.4, 0.5) is 0 Å². The minimum atomic E-state index is -0.212. The van der Waals surface area contributed by atoms with E-state index in [1.165, 1.54) is 0 Å². The van der Waals surface area contributed by atoms with Crippen molar-refractivity contribution in [3.05, 3.63) is 33.8 Å². The fraction of sp³-hybridized carbons (Fsp3) is 0.222. The van der Waals surface area contributed by atoms with Crippen LogP contribution < -0.4 is 0 Å². The van der Waals surface area contributed by atoms with Crippen LogP contribution in [0.15, 0.2) is 18.2 Å². The van der Waals surface area contributed by atoms with Crippen LogP contribution in [0.1, 0.15) is 18.4 Å². The zero-order valence-electron chi connectivity index (χ0n) is 6.51. The summed E-state index contributed by atoms with van der Waals surface area (Å²) in [6.07, 6.45) is 0.